The van der Waals surface area contributed by atoms with Crippen molar-refractivity contribution in [1.82, 2.24) is 20.1 Å². The van der Waals surface area contributed by atoms with Gasteiger partial charge in [-0.25, -0.2) is 4.79 Å². The van der Waals surface area contributed by atoms with Crippen molar-refractivity contribution in [2.24, 2.45) is 5.92 Å². The van der Waals surface area contributed by atoms with Gasteiger partial charge in [0.15, 0.2) is 0 Å². The first kappa shape index (κ1) is 17.2. The number of carbonyl (C=O) groups is 1. The Morgan fingerprint density at radius 2 is 2.04 bits per heavy atom. The minimum Gasteiger partial charge on any atom is -0.381 e. The van der Waals surface area contributed by atoms with Gasteiger partial charge >= 0.3 is 6.03 Å². The third-order valence-electron chi connectivity index (χ3n) is 5.08. The van der Waals surface area contributed by atoms with Crippen molar-refractivity contribution in [3.8, 4) is 0 Å². The Morgan fingerprint density at radius 3 is 2.75 bits per heavy atom. The lowest BCUT2D eigenvalue weighted by Gasteiger charge is -2.37. The highest BCUT2D eigenvalue weighted by atomic mass is 16.5. The Hall–Kier alpha value is -1.66. The van der Waals surface area contributed by atoms with Crippen LogP contribution >= 0.6 is 0 Å². The van der Waals surface area contributed by atoms with Crippen molar-refractivity contribution in [3.05, 3.63) is 29.6 Å². The first-order valence-electron chi connectivity index (χ1n) is 8.95. The molecule has 0 saturated carbocycles. The first-order chi connectivity index (χ1) is 11.7. The number of nitrogens with zero attached hydrogens (tertiary/aromatic N) is 3. The molecule has 0 radical (unpaired) electrons. The first-order valence-corrected chi connectivity index (χ1v) is 8.95. The second kappa shape index (κ2) is 8.44. The number of hydrogen-bond acceptors (Lipinski definition) is 4. The maximum Gasteiger partial charge on any atom is 0.317 e. The van der Waals surface area contributed by atoms with E-state index in [9.17, 15) is 4.79 Å². The number of carbonyl (C=O) groups excluding carboxylic acids is 1. The monoisotopic (exact) mass is 332 g/mol. The average molecular weight is 332 g/mol. The molecule has 6 heteroatoms. The summed E-state index contributed by atoms with van der Waals surface area (Å²) in [6.07, 6.45) is 5.94. The van der Waals surface area contributed by atoms with Crippen LogP contribution in [0.25, 0.3) is 0 Å². The van der Waals surface area contributed by atoms with Gasteiger partial charge in [-0.15, -0.1) is 0 Å². The van der Waals surface area contributed by atoms with Crippen LogP contribution in [-0.4, -0.2) is 66.8 Å². The van der Waals surface area contributed by atoms with Gasteiger partial charge in [0.1, 0.15) is 0 Å². The average Bonchev–Trinajstić information content (AvgIpc) is 2.62. The number of pyridine rings is 1. The van der Waals surface area contributed by atoms with Crippen LogP contribution in [-0.2, 0) is 11.3 Å². The van der Waals surface area contributed by atoms with E-state index in [0.29, 0.717) is 6.54 Å². The molecule has 3 rings (SSSR count). The van der Waals surface area contributed by atoms with E-state index in [1.54, 1.807) is 6.20 Å². The predicted octanol–water partition coefficient (Wildman–Crippen LogP) is 1.64. The summed E-state index contributed by atoms with van der Waals surface area (Å²) in [6.45, 7) is 9.10. The van der Waals surface area contributed by atoms with Crippen molar-refractivity contribution in [2.45, 2.75) is 26.3 Å². The summed E-state index contributed by atoms with van der Waals surface area (Å²) < 4.78 is 5.43. The van der Waals surface area contributed by atoms with E-state index in [1.807, 2.05) is 24.1 Å². The molecule has 0 atom stereocenters. The van der Waals surface area contributed by atoms with Crippen LogP contribution in [0.3, 0.4) is 0 Å². The van der Waals surface area contributed by atoms with E-state index in [1.165, 1.54) is 12.8 Å². The van der Waals surface area contributed by atoms with E-state index in [-0.39, 0.29) is 6.03 Å². The Morgan fingerprint density at radius 1 is 1.29 bits per heavy atom. The van der Waals surface area contributed by atoms with Crippen LogP contribution in [0.15, 0.2) is 18.5 Å². The molecule has 2 aliphatic heterocycles. The molecule has 0 aliphatic carbocycles. The van der Waals surface area contributed by atoms with Crippen LogP contribution < -0.4 is 5.32 Å². The van der Waals surface area contributed by atoms with Gasteiger partial charge in [0.25, 0.3) is 0 Å². The van der Waals surface area contributed by atoms with Gasteiger partial charge in [-0.2, -0.15) is 0 Å². The number of nitrogens with one attached hydrogen (secondary N) is 1. The molecule has 0 spiro atoms. The number of aryl methyl sites for hydroxylation is 1. The third kappa shape index (κ3) is 4.68. The maximum absolute atomic E-state index is 12.3. The number of urea groups is 1. The van der Waals surface area contributed by atoms with Crippen molar-refractivity contribution in [1.29, 1.82) is 0 Å². The zero-order valence-corrected chi connectivity index (χ0v) is 14.5. The largest absolute Gasteiger partial charge is 0.381 e. The number of amides is 2. The smallest absolute Gasteiger partial charge is 0.317 e. The fourth-order valence-electron chi connectivity index (χ4n) is 3.41. The zero-order valence-electron chi connectivity index (χ0n) is 14.5. The van der Waals surface area contributed by atoms with E-state index >= 15 is 0 Å². The number of hydrogen-bond donors (Lipinski definition) is 1. The minimum absolute atomic E-state index is 0.0388. The van der Waals surface area contributed by atoms with Gasteiger partial charge in [-0.3, -0.25) is 9.88 Å². The highest BCUT2D eigenvalue weighted by Crippen LogP contribution is 2.17. The molecule has 132 valence electrons. The molecule has 2 fully saturated rings. The Balaban J connectivity index is 1.39. The lowest BCUT2D eigenvalue weighted by molar-refractivity contribution is 0.0452. The molecule has 1 aromatic rings. The molecule has 3 heterocycles. The number of piperazine rings is 1. The molecule has 1 N–H and O–H groups in total. The van der Waals surface area contributed by atoms with Gasteiger partial charge in [0, 0.05) is 64.9 Å². The van der Waals surface area contributed by atoms with Gasteiger partial charge in [-0.05, 0) is 42.9 Å². The lowest BCUT2D eigenvalue weighted by Crippen LogP contribution is -2.52. The highest BCUT2D eigenvalue weighted by molar-refractivity contribution is 5.74. The van der Waals surface area contributed by atoms with Crippen molar-refractivity contribution >= 4 is 6.03 Å². The Bertz CT molecular complexity index is 538. The highest BCUT2D eigenvalue weighted by Gasteiger charge is 2.23. The molecule has 6 nitrogen and oxygen atoms in total. The summed E-state index contributed by atoms with van der Waals surface area (Å²) >= 11 is 0. The van der Waals surface area contributed by atoms with Crippen LogP contribution in [0.2, 0.25) is 0 Å². The number of aromatic nitrogens is 1. The van der Waals surface area contributed by atoms with Crippen LogP contribution in [0.1, 0.15) is 24.0 Å². The lowest BCUT2D eigenvalue weighted by atomic mass is 9.99. The summed E-state index contributed by atoms with van der Waals surface area (Å²) in [4.78, 5) is 20.8. The molecule has 24 heavy (non-hydrogen) atoms. The molecule has 2 saturated heterocycles. The van der Waals surface area contributed by atoms with Gasteiger partial charge < -0.3 is 15.0 Å². The fraction of sp³-hybridized carbons (Fsp3) is 0.667. The molecule has 0 aromatic carbocycles. The van der Waals surface area contributed by atoms with Gasteiger partial charge in [-0.1, -0.05) is 0 Å². The number of ether oxygens (including phenoxy) is 1. The predicted molar refractivity (Wildman–Crippen MR) is 92.8 cm³/mol. The molecule has 2 aliphatic rings. The summed E-state index contributed by atoms with van der Waals surface area (Å²) in [7, 11) is 0. The molecular weight excluding hydrogens is 304 g/mol. The fourth-order valence-corrected chi connectivity index (χ4v) is 3.41. The second-order valence-electron chi connectivity index (χ2n) is 6.80. The Kier molecular flexibility index (Phi) is 6.04. The van der Waals surface area contributed by atoms with E-state index in [4.69, 9.17) is 4.74 Å². The molecule has 0 bridgehead atoms. The van der Waals surface area contributed by atoms with Crippen LogP contribution in [0.5, 0.6) is 0 Å². The quantitative estimate of drug-likeness (QED) is 0.911. The number of rotatable bonds is 4. The Labute approximate surface area is 144 Å². The summed E-state index contributed by atoms with van der Waals surface area (Å²) in [5.41, 5.74) is 2.23. The topological polar surface area (TPSA) is 57.7 Å². The summed E-state index contributed by atoms with van der Waals surface area (Å²) in [5, 5.41) is 3.03. The minimum atomic E-state index is 0.0388. The van der Waals surface area contributed by atoms with E-state index < -0.39 is 0 Å². The SMILES string of the molecule is Cc1cnccc1CNC(=O)N1CCN(CC2CCOCC2)CC1. The van der Waals surface area contributed by atoms with Crippen molar-refractivity contribution in [2.75, 3.05) is 45.9 Å². The van der Waals surface area contributed by atoms with Gasteiger partial charge in [0.05, 0.1) is 0 Å². The third-order valence-corrected chi connectivity index (χ3v) is 5.08. The summed E-state index contributed by atoms with van der Waals surface area (Å²) in [5.74, 6) is 0.758. The van der Waals surface area contributed by atoms with Crippen molar-refractivity contribution in [3.63, 3.8) is 0 Å². The van der Waals surface area contributed by atoms with Gasteiger partial charge in [0.2, 0.25) is 0 Å². The molecule has 0 unspecified atom stereocenters. The zero-order chi connectivity index (χ0) is 16.8. The summed E-state index contributed by atoms with van der Waals surface area (Å²) in [6, 6.07) is 2.00. The maximum atomic E-state index is 12.3. The molecule has 2 amide bonds. The van der Waals surface area contributed by atoms with Crippen LogP contribution in [0.4, 0.5) is 4.79 Å². The van der Waals surface area contributed by atoms with E-state index in [0.717, 1.165) is 63.0 Å². The second-order valence-corrected chi connectivity index (χ2v) is 6.80. The molecule has 1 aromatic heterocycles. The standard InChI is InChI=1S/C18H28N4O2/c1-15-12-19-5-2-17(15)13-20-18(23)22-8-6-21(7-9-22)14-16-3-10-24-11-4-16/h2,5,12,16H,3-4,6-11,13-14H2,1H3,(H,20,23). The molecular formula is C18H28N4O2. The van der Waals surface area contributed by atoms with E-state index in [2.05, 4.69) is 15.2 Å². The van der Waals surface area contributed by atoms with Crippen molar-refractivity contribution < 1.29 is 9.53 Å². The normalized spacial score (nSPS) is 20.1. The van der Waals surface area contributed by atoms with Crippen LogP contribution in [0, 0.1) is 12.8 Å².